The predicted octanol–water partition coefficient (Wildman–Crippen LogP) is 4.85. The first-order valence-corrected chi connectivity index (χ1v) is 13.1. The Hall–Kier alpha value is -2.81. The lowest BCUT2D eigenvalue weighted by atomic mass is 9.99. The first kappa shape index (κ1) is 26.3. The van der Waals surface area contributed by atoms with E-state index in [1.165, 1.54) is 32.0 Å². The van der Waals surface area contributed by atoms with E-state index in [1.807, 2.05) is 0 Å². The van der Waals surface area contributed by atoms with Crippen molar-refractivity contribution in [2.75, 3.05) is 64.8 Å². The van der Waals surface area contributed by atoms with Crippen molar-refractivity contribution < 1.29 is 23.5 Å². The smallest absolute Gasteiger partial charge is 0.262 e. The third kappa shape index (κ3) is 7.12. The van der Waals surface area contributed by atoms with Gasteiger partial charge in [0.05, 0.1) is 46.2 Å². The Balaban J connectivity index is 1.27. The number of methoxy groups -OCH3 is 1. The largest absolute Gasteiger partial charge is 0.382 e. The Morgan fingerprint density at radius 3 is 2.33 bits per heavy atom. The van der Waals surface area contributed by atoms with Gasteiger partial charge in [-0.3, -0.25) is 0 Å². The molecule has 1 aliphatic rings. The molecule has 0 amide bonds. The molecule has 6 nitrogen and oxygen atoms in total. The van der Waals surface area contributed by atoms with Crippen LogP contribution in [0.3, 0.4) is 0 Å². The maximum atomic E-state index is 5.79. The molecule has 7 heteroatoms. The molecule has 0 N–H and O–H groups in total. The van der Waals surface area contributed by atoms with Crippen molar-refractivity contribution in [2.45, 2.75) is 0 Å². The quantitative estimate of drug-likeness (QED) is 0.231. The first-order chi connectivity index (χ1) is 17.8. The summed E-state index contributed by atoms with van der Waals surface area (Å²) >= 11 is 1.80. The average Bonchev–Trinajstić information content (AvgIpc) is 3.23. The van der Waals surface area contributed by atoms with Crippen LogP contribution >= 0.6 is 11.3 Å². The van der Waals surface area contributed by atoms with Gasteiger partial charge >= 0.3 is 0 Å². The molecule has 0 radical (unpaired) electrons. The summed E-state index contributed by atoms with van der Waals surface area (Å²) in [7, 11) is 3.78. The number of thiazole rings is 1. The van der Waals surface area contributed by atoms with Crippen LogP contribution in [0.15, 0.2) is 73.0 Å². The van der Waals surface area contributed by atoms with Crippen LogP contribution in [0.1, 0.15) is 10.6 Å². The summed E-state index contributed by atoms with van der Waals surface area (Å²) in [6.45, 7) is 4.91. The number of aromatic nitrogens is 1. The third-order valence-electron chi connectivity index (χ3n) is 5.90. The zero-order chi connectivity index (χ0) is 25.0. The van der Waals surface area contributed by atoms with Gasteiger partial charge in [-0.1, -0.05) is 53.8 Å². The van der Waals surface area contributed by atoms with Crippen molar-refractivity contribution in [3.8, 4) is 0 Å². The van der Waals surface area contributed by atoms with Crippen molar-refractivity contribution in [1.82, 2.24) is 0 Å². The Morgan fingerprint density at radius 2 is 1.56 bits per heavy atom. The second-order valence-corrected chi connectivity index (χ2v) is 9.37. The molecule has 2 aromatic carbocycles. The summed E-state index contributed by atoms with van der Waals surface area (Å²) in [6, 6.07) is 17.0. The molecule has 0 saturated heterocycles. The van der Waals surface area contributed by atoms with E-state index in [-0.39, 0.29) is 0 Å². The fourth-order valence-corrected chi connectivity index (χ4v) is 5.06. The lowest BCUT2D eigenvalue weighted by Crippen LogP contribution is -2.28. The molecule has 0 spiro atoms. The van der Waals surface area contributed by atoms with Crippen LogP contribution in [-0.4, -0.2) is 59.9 Å². The molecule has 36 heavy (non-hydrogen) atoms. The number of nitrogens with zero attached hydrogens (tertiary/aromatic N) is 2. The third-order valence-corrected chi connectivity index (χ3v) is 7.08. The summed E-state index contributed by atoms with van der Waals surface area (Å²) < 4.78 is 25.2. The molecule has 0 fully saturated rings. The van der Waals surface area contributed by atoms with Crippen LogP contribution in [0.2, 0.25) is 0 Å². The molecule has 0 unspecified atom stereocenters. The molecule has 1 aliphatic heterocycles. The van der Waals surface area contributed by atoms with Gasteiger partial charge in [-0.15, -0.1) is 0 Å². The van der Waals surface area contributed by atoms with E-state index >= 15 is 0 Å². The van der Waals surface area contributed by atoms with Gasteiger partial charge in [-0.25, -0.2) is 0 Å². The summed E-state index contributed by atoms with van der Waals surface area (Å²) in [4.78, 5) is 2.24. The number of ether oxygens (including phenoxy) is 4. The highest BCUT2D eigenvalue weighted by Gasteiger charge is 2.16. The maximum Gasteiger partial charge on any atom is 0.262 e. The summed E-state index contributed by atoms with van der Waals surface area (Å²) in [5.74, 6) is 0. The van der Waals surface area contributed by atoms with Gasteiger partial charge in [0.2, 0.25) is 5.52 Å². The number of aryl methyl sites for hydroxylation is 1. The molecule has 1 aromatic heterocycles. The van der Waals surface area contributed by atoms with Gasteiger partial charge < -0.3 is 23.8 Å². The number of fused-ring (bicyclic) bond motifs is 2. The Morgan fingerprint density at radius 1 is 0.861 bits per heavy atom. The maximum absolute atomic E-state index is 5.79. The van der Waals surface area contributed by atoms with E-state index in [4.69, 9.17) is 18.9 Å². The second-order valence-electron chi connectivity index (χ2n) is 8.30. The van der Waals surface area contributed by atoms with Crippen LogP contribution in [0.25, 0.3) is 21.9 Å². The van der Waals surface area contributed by atoms with Gasteiger partial charge in [-0.05, 0) is 23.8 Å². The van der Waals surface area contributed by atoms with Crippen LogP contribution in [0.4, 0.5) is 5.69 Å². The van der Waals surface area contributed by atoms with Gasteiger partial charge in [0.15, 0.2) is 0 Å². The van der Waals surface area contributed by atoms with Crippen molar-refractivity contribution in [3.63, 3.8) is 0 Å². The average molecular weight is 508 g/mol. The van der Waals surface area contributed by atoms with Gasteiger partial charge in [0.1, 0.15) is 11.7 Å². The van der Waals surface area contributed by atoms with Crippen molar-refractivity contribution in [1.29, 1.82) is 0 Å². The summed E-state index contributed by atoms with van der Waals surface area (Å²) in [6.07, 6.45) is 10.8. The summed E-state index contributed by atoms with van der Waals surface area (Å²) in [5.41, 5.74) is 4.88. The molecule has 2 heterocycles. The number of para-hydroxylation sites is 2. The molecular formula is C29H35N2O4S+. The van der Waals surface area contributed by atoms with Gasteiger partial charge in [0, 0.05) is 43.2 Å². The number of hydrogen-bond acceptors (Lipinski definition) is 6. The molecule has 0 aliphatic carbocycles. The molecule has 190 valence electrons. The topological polar surface area (TPSA) is 44.0 Å². The highest BCUT2D eigenvalue weighted by molar-refractivity contribution is 7.18. The number of anilines is 1. The lowest BCUT2D eigenvalue weighted by molar-refractivity contribution is -0.642. The standard InChI is InChI=1S/C29H35N2O4S/c1-30-27-11-5-6-12-28(27)36-29(30)13-7-8-24-14-15-31(26-10-4-3-9-25(24)26)16-17-33-20-21-35-23-22-34-19-18-32-2/h3-15H,16-23H2,1-2H3/q+1. The lowest BCUT2D eigenvalue weighted by Gasteiger charge is -2.27. The molecular weight excluding hydrogens is 472 g/mol. The van der Waals surface area contributed by atoms with Gasteiger partial charge in [-0.2, -0.15) is 4.57 Å². The minimum atomic E-state index is 0.566. The predicted molar refractivity (Wildman–Crippen MR) is 147 cm³/mol. The van der Waals surface area contributed by atoms with E-state index in [2.05, 4.69) is 95.5 Å². The van der Waals surface area contributed by atoms with Crippen molar-refractivity contribution in [3.05, 3.63) is 83.5 Å². The first-order valence-electron chi connectivity index (χ1n) is 12.3. The van der Waals surface area contributed by atoms with Gasteiger partial charge in [0.25, 0.3) is 5.01 Å². The number of allylic oxidation sites excluding steroid dienone is 4. The van der Waals surface area contributed by atoms with E-state index in [0.29, 0.717) is 46.2 Å². The van der Waals surface area contributed by atoms with E-state index in [1.54, 1.807) is 18.4 Å². The second kappa shape index (κ2) is 14.1. The molecule has 0 atom stereocenters. The van der Waals surface area contributed by atoms with E-state index in [0.717, 1.165) is 6.54 Å². The number of benzene rings is 2. The monoisotopic (exact) mass is 507 g/mol. The van der Waals surface area contributed by atoms with Crippen molar-refractivity contribution >= 4 is 38.9 Å². The zero-order valence-corrected chi connectivity index (χ0v) is 21.9. The Labute approximate surface area is 217 Å². The summed E-state index contributed by atoms with van der Waals surface area (Å²) in [5, 5.41) is 1.22. The minimum absolute atomic E-state index is 0.566. The van der Waals surface area contributed by atoms with E-state index in [9.17, 15) is 0 Å². The SMILES string of the molecule is COCCOCCOCCOCCN1C=C/C(=C\C=C\c2sc3ccccc3[n+]2C)c2ccccc21. The van der Waals surface area contributed by atoms with Crippen LogP contribution in [-0.2, 0) is 26.0 Å². The molecule has 0 saturated carbocycles. The Kier molecular flexibility index (Phi) is 10.3. The normalized spacial score (nSPS) is 14.4. The Bertz CT molecular complexity index is 1200. The van der Waals surface area contributed by atoms with Crippen LogP contribution in [0, 0.1) is 0 Å². The van der Waals surface area contributed by atoms with E-state index < -0.39 is 0 Å². The van der Waals surface area contributed by atoms with Crippen molar-refractivity contribution in [2.24, 2.45) is 7.05 Å². The molecule has 0 bridgehead atoms. The highest BCUT2D eigenvalue weighted by Crippen LogP contribution is 2.32. The fourth-order valence-electron chi connectivity index (χ4n) is 4.00. The highest BCUT2D eigenvalue weighted by atomic mass is 32.1. The van der Waals surface area contributed by atoms with Crippen LogP contribution in [0.5, 0.6) is 0 Å². The number of hydrogen-bond donors (Lipinski definition) is 0. The van der Waals surface area contributed by atoms with Crippen LogP contribution < -0.4 is 9.47 Å². The molecule has 3 aromatic rings. The fraction of sp³-hybridized carbons (Fsp3) is 0.345. The molecule has 4 rings (SSSR count). The minimum Gasteiger partial charge on any atom is -0.382 e. The zero-order valence-electron chi connectivity index (χ0n) is 21.1. The number of rotatable bonds is 14.